The molecule has 0 fully saturated rings. The van der Waals surface area contributed by atoms with E-state index in [1.54, 1.807) is 0 Å². The van der Waals surface area contributed by atoms with Crippen molar-refractivity contribution in [3.63, 3.8) is 0 Å². The molecule has 0 amide bonds. The zero-order chi connectivity index (χ0) is 11.8. The summed E-state index contributed by atoms with van der Waals surface area (Å²) in [6.07, 6.45) is 7.97. The number of rotatable bonds is 6. The summed E-state index contributed by atoms with van der Waals surface area (Å²) in [5.41, 5.74) is 2.42. The van der Waals surface area contributed by atoms with E-state index in [1.807, 2.05) is 12.2 Å². The summed E-state index contributed by atoms with van der Waals surface area (Å²) in [5, 5.41) is 9.70. The molecule has 16 heavy (non-hydrogen) atoms. The summed E-state index contributed by atoms with van der Waals surface area (Å²) in [7, 11) is 0. The average molecular weight is 218 g/mol. The average Bonchev–Trinajstić information content (AvgIpc) is 2.29. The van der Waals surface area contributed by atoms with Gasteiger partial charge >= 0.3 is 0 Å². The normalized spacial score (nSPS) is 13.2. The Morgan fingerprint density at radius 1 is 1.19 bits per heavy atom. The molecular formula is C15H22O. The topological polar surface area (TPSA) is 20.2 Å². The van der Waals surface area contributed by atoms with Crippen LogP contribution >= 0.6 is 0 Å². The minimum Gasteiger partial charge on any atom is -0.389 e. The Labute approximate surface area is 98.8 Å². The predicted octanol–water partition coefficient (Wildman–Crippen LogP) is 3.95. The van der Waals surface area contributed by atoms with Gasteiger partial charge in [0.05, 0.1) is 6.10 Å². The Bertz CT molecular complexity index is 311. The fourth-order valence-electron chi connectivity index (χ4n) is 1.60. The molecule has 0 saturated heterocycles. The van der Waals surface area contributed by atoms with Crippen LogP contribution in [0.1, 0.15) is 43.7 Å². The van der Waals surface area contributed by atoms with Crippen LogP contribution in [0, 0.1) is 6.92 Å². The lowest BCUT2D eigenvalue weighted by Gasteiger charge is -2.04. The van der Waals surface area contributed by atoms with Crippen molar-refractivity contribution in [3.8, 4) is 0 Å². The van der Waals surface area contributed by atoms with Crippen LogP contribution in [0.3, 0.4) is 0 Å². The van der Waals surface area contributed by atoms with Crippen LogP contribution in [0.4, 0.5) is 0 Å². The van der Waals surface area contributed by atoms with E-state index in [2.05, 4.69) is 38.1 Å². The smallest absolute Gasteiger partial charge is 0.0724 e. The van der Waals surface area contributed by atoms with E-state index in [0.717, 1.165) is 18.4 Å². The molecule has 88 valence electrons. The van der Waals surface area contributed by atoms with Gasteiger partial charge in [0.1, 0.15) is 0 Å². The molecule has 0 heterocycles. The van der Waals surface area contributed by atoms with E-state index in [-0.39, 0.29) is 6.10 Å². The van der Waals surface area contributed by atoms with Gasteiger partial charge in [0.15, 0.2) is 0 Å². The minimum atomic E-state index is -0.298. The second-order valence-corrected chi connectivity index (χ2v) is 4.33. The van der Waals surface area contributed by atoms with Gasteiger partial charge in [-0.2, -0.15) is 0 Å². The molecule has 1 heteroatoms. The Morgan fingerprint density at radius 3 is 2.50 bits per heavy atom. The Morgan fingerprint density at radius 2 is 1.88 bits per heavy atom. The minimum absolute atomic E-state index is 0.298. The number of benzene rings is 1. The highest BCUT2D eigenvalue weighted by Gasteiger charge is 1.97. The van der Waals surface area contributed by atoms with Crippen LogP contribution in [0.2, 0.25) is 0 Å². The highest BCUT2D eigenvalue weighted by atomic mass is 16.3. The van der Waals surface area contributed by atoms with E-state index in [1.165, 1.54) is 18.4 Å². The van der Waals surface area contributed by atoms with Crippen LogP contribution in [0.15, 0.2) is 30.3 Å². The van der Waals surface area contributed by atoms with Gasteiger partial charge in [0, 0.05) is 0 Å². The summed E-state index contributed by atoms with van der Waals surface area (Å²) in [4.78, 5) is 0. The van der Waals surface area contributed by atoms with Gasteiger partial charge in [-0.1, -0.05) is 68.2 Å². The molecule has 0 aliphatic carbocycles. The van der Waals surface area contributed by atoms with Crippen LogP contribution < -0.4 is 0 Å². The zero-order valence-electron chi connectivity index (χ0n) is 10.3. The lowest BCUT2D eigenvalue weighted by molar-refractivity contribution is 0.209. The molecule has 1 atom stereocenters. The summed E-state index contributed by atoms with van der Waals surface area (Å²) in [6.45, 7) is 4.25. The predicted molar refractivity (Wildman–Crippen MR) is 70.4 cm³/mol. The zero-order valence-corrected chi connectivity index (χ0v) is 10.3. The highest BCUT2D eigenvalue weighted by molar-refractivity contribution is 5.50. The molecule has 1 N–H and O–H groups in total. The van der Waals surface area contributed by atoms with Gasteiger partial charge in [-0.25, -0.2) is 0 Å². The van der Waals surface area contributed by atoms with Gasteiger partial charge < -0.3 is 5.11 Å². The summed E-state index contributed by atoms with van der Waals surface area (Å²) >= 11 is 0. The van der Waals surface area contributed by atoms with Gasteiger partial charge in [0.2, 0.25) is 0 Å². The van der Waals surface area contributed by atoms with E-state index in [0.29, 0.717) is 0 Å². The SMILES string of the molecule is CCCCCC(O)/C=C/c1ccc(C)cc1. The Balaban J connectivity index is 2.37. The fraction of sp³-hybridized carbons (Fsp3) is 0.467. The van der Waals surface area contributed by atoms with E-state index in [9.17, 15) is 5.11 Å². The maximum Gasteiger partial charge on any atom is 0.0724 e. The van der Waals surface area contributed by atoms with E-state index < -0.39 is 0 Å². The number of aryl methyl sites for hydroxylation is 1. The maximum atomic E-state index is 9.70. The molecule has 0 radical (unpaired) electrons. The van der Waals surface area contributed by atoms with Gasteiger partial charge in [-0.3, -0.25) is 0 Å². The molecule has 0 bridgehead atoms. The first-order chi connectivity index (χ1) is 7.72. The number of aliphatic hydroxyl groups is 1. The van der Waals surface area contributed by atoms with Crippen molar-refractivity contribution in [2.45, 2.75) is 45.6 Å². The molecule has 1 rings (SSSR count). The monoisotopic (exact) mass is 218 g/mol. The second-order valence-electron chi connectivity index (χ2n) is 4.33. The summed E-state index contributed by atoms with van der Waals surface area (Å²) in [5.74, 6) is 0. The lowest BCUT2D eigenvalue weighted by atomic mass is 10.1. The Kier molecular flexibility index (Phi) is 5.87. The highest BCUT2D eigenvalue weighted by Crippen LogP contribution is 2.08. The first-order valence-corrected chi connectivity index (χ1v) is 6.15. The van der Waals surface area contributed by atoms with Crippen molar-refractivity contribution in [1.29, 1.82) is 0 Å². The molecule has 0 spiro atoms. The standard InChI is InChI=1S/C15H22O/c1-3-4-5-6-15(16)12-11-14-9-7-13(2)8-10-14/h7-12,15-16H,3-6H2,1-2H3/b12-11+. The maximum absolute atomic E-state index is 9.70. The largest absolute Gasteiger partial charge is 0.389 e. The third-order valence-corrected chi connectivity index (χ3v) is 2.69. The molecule has 1 nitrogen and oxygen atoms in total. The van der Waals surface area contributed by atoms with Crippen molar-refractivity contribution in [1.82, 2.24) is 0 Å². The van der Waals surface area contributed by atoms with Crippen LogP contribution in [-0.2, 0) is 0 Å². The summed E-state index contributed by atoms with van der Waals surface area (Å²) in [6, 6.07) is 8.32. The van der Waals surface area contributed by atoms with Crippen molar-refractivity contribution in [2.24, 2.45) is 0 Å². The van der Waals surface area contributed by atoms with Crippen molar-refractivity contribution < 1.29 is 5.11 Å². The molecule has 1 aromatic carbocycles. The number of aliphatic hydroxyl groups excluding tert-OH is 1. The molecule has 0 aromatic heterocycles. The van der Waals surface area contributed by atoms with E-state index >= 15 is 0 Å². The van der Waals surface area contributed by atoms with Crippen molar-refractivity contribution in [3.05, 3.63) is 41.5 Å². The first-order valence-electron chi connectivity index (χ1n) is 6.15. The molecule has 0 aliphatic rings. The molecule has 0 aliphatic heterocycles. The fourth-order valence-corrected chi connectivity index (χ4v) is 1.60. The number of hydrogen-bond donors (Lipinski definition) is 1. The number of unbranched alkanes of at least 4 members (excludes halogenated alkanes) is 2. The number of hydrogen-bond acceptors (Lipinski definition) is 1. The molecular weight excluding hydrogens is 196 g/mol. The van der Waals surface area contributed by atoms with Gasteiger partial charge in [-0.15, -0.1) is 0 Å². The van der Waals surface area contributed by atoms with Crippen LogP contribution in [0.25, 0.3) is 6.08 Å². The van der Waals surface area contributed by atoms with Crippen LogP contribution in [0.5, 0.6) is 0 Å². The van der Waals surface area contributed by atoms with Crippen molar-refractivity contribution >= 4 is 6.08 Å². The molecule has 1 unspecified atom stereocenters. The Hall–Kier alpha value is -1.08. The third-order valence-electron chi connectivity index (χ3n) is 2.69. The van der Waals surface area contributed by atoms with E-state index in [4.69, 9.17) is 0 Å². The summed E-state index contributed by atoms with van der Waals surface area (Å²) < 4.78 is 0. The van der Waals surface area contributed by atoms with Gasteiger partial charge in [-0.05, 0) is 18.9 Å². The third kappa shape index (κ3) is 5.13. The van der Waals surface area contributed by atoms with Gasteiger partial charge in [0.25, 0.3) is 0 Å². The van der Waals surface area contributed by atoms with Crippen LogP contribution in [-0.4, -0.2) is 11.2 Å². The first kappa shape index (κ1) is 13.0. The molecule has 0 saturated carbocycles. The quantitative estimate of drug-likeness (QED) is 0.717. The lowest BCUT2D eigenvalue weighted by Crippen LogP contribution is -2.00. The second kappa shape index (κ2) is 7.24. The molecule has 1 aromatic rings. The van der Waals surface area contributed by atoms with Crippen molar-refractivity contribution in [2.75, 3.05) is 0 Å².